The van der Waals surface area contributed by atoms with E-state index < -0.39 is 0 Å². The van der Waals surface area contributed by atoms with Crippen molar-refractivity contribution in [2.75, 3.05) is 21.3 Å². The normalized spacial score (nSPS) is 10.5. The molecule has 3 aromatic rings. The molecule has 0 aliphatic carbocycles. The molecule has 24 heavy (non-hydrogen) atoms. The second-order valence-corrected chi connectivity index (χ2v) is 6.43. The van der Waals surface area contributed by atoms with Gasteiger partial charge in [0.25, 0.3) is 0 Å². The maximum Gasteiger partial charge on any atom is 0.161 e. The molecule has 0 amide bonds. The second-order valence-electron chi connectivity index (χ2n) is 5.22. The van der Waals surface area contributed by atoms with Crippen molar-refractivity contribution in [1.29, 1.82) is 0 Å². The third-order valence-electron chi connectivity index (χ3n) is 3.79. The minimum absolute atomic E-state index is 0.703. The summed E-state index contributed by atoms with van der Waals surface area (Å²) in [6.07, 6.45) is 0. The van der Waals surface area contributed by atoms with Crippen LogP contribution in [0, 0.1) is 6.92 Å². The molecule has 0 unspecified atom stereocenters. The fourth-order valence-electron chi connectivity index (χ4n) is 2.51. The number of rotatable bonds is 5. The third-order valence-corrected chi connectivity index (χ3v) is 4.81. The van der Waals surface area contributed by atoms with E-state index in [0.717, 1.165) is 27.6 Å². The summed E-state index contributed by atoms with van der Waals surface area (Å²) in [7, 11) is 4.93. The first-order valence-electron chi connectivity index (χ1n) is 7.50. The molecule has 2 aromatic carbocycles. The zero-order valence-corrected chi connectivity index (χ0v) is 14.9. The molecule has 0 bridgehead atoms. The Labute approximate surface area is 145 Å². The average Bonchev–Trinajstić information content (AvgIpc) is 3.03. The zero-order chi connectivity index (χ0) is 17.1. The quantitative estimate of drug-likeness (QED) is 0.668. The molecule has 0 fully saturated rings. The van der Waals surface area contributed by atoms with E-state index in [-0.39, 0.29) is 0 Å². The number of hydrogen-bond acceptors (Lipinski definition) is 5. The van der Waals surface area contributed by atoms with Gasteiger partial charge in [-0.1, -0.05) is 0 Å². The first-order valence-corrected chi connectivity index (χ1v) is 8.32. The van der Waals surface area contributed by atoms with E-state index in [2.05, 4.69) is 6.92 Å². The van der Waals surface area contributed by atoms with E-state index >= 15 is 0 Å². The fourth-order valence-corrected chi connectivity index (χ4v) is 3.44. The van der Waals surface area contributed by atoms with Gasteiger partial charge in [-0.2, -0.15) is 0 Å². The zero-order valence-electron chi connectivity index (χ0n) is 14.1. The van der Waals surface area contributed by atoms with Gasteiger partial charge >= 0.3 is 0 Å². The van der Waals surface area contributed by atoms with Crippen molar-refractivity contribution in [2.24, 2.45) is 0 Å². The highest BCUT2D eigenvalue weighted by atomic mass is 32.1. The highest BCUT2D eigenvalue weighted by molar-refractivity contribution is 7.15. The largest absolute Gasteiger partial charge is 0.497 e. The molecule has 0 aliphatic rings. The maximum atomic E-state index is 5.38. The van der Waals surface area contributed by atoms with Crippen LogP contribution in [0.1, 0.15) is 4.88 Å². The lowest BCUT2D eigenvalue weighted by Gasteiger charge is -2.08. The molecule has 1 heterocycles. The first-order chi connectivity index (χ1) is 11.7. The molecule has 124 valence electrons. The van der Waals surface area contributed by atoms with Crippen molar-refractivity contribution < 1.29 is 14.2 Å². The van der Waals surface area contributed by atoms with Crippen molar-refractivity contribution in [3.05, 3.63) is 47.3 Å². The van der Waals surface area contributed by atoms with Gasteiger partial charge in [0.1, 0.15) is 10.8 Å². The molecule has 4 nitrogen and oxygen atoms in total. The van der Waals surface area contributed by atoms with Crippen molar-refractivity contribution in [2.45, 2.75) is 6.92 Å². The number of ether oxygens (including phenoxy) is 3. The average molecular weight is 341 g/mol. The van der Waals surface area contributed by atoms with Gasteiger partial charge in [-0.25, -0.2) is 4.98 Å². The summed E-state index contributed by atoms with van der Waals surface area (Å²) in [6, 6.07) is 13.8. The Morgan fingerprint density at radius 2 is 1.46 bits per heavy atom. The standard InChI is InChI=1S/C19H19NO3S/c1-12-18(13-5-8-15(21-2)9-6-13)20-19(24-12)14-7-10-16(22-3)17(11-14)23-4/h5-11H,1-4H3. The predicted molar refractivity (Wildman–Crippen MR) is 97.4 cm³/mol. The highest BCUT2D eigenvalue weighted by Crippen LogP contribution is 2.37. The number of nitrogens with zero attached hydrogens (tertiary/aromatic N) is 1. The number of aromatic nitrogens is 1. The summed E-state index contributed by atoms with van der Waals surface area (Å²) >= 11 is 1.67. The van der Waals surface area contributed by atoms with Crippen molar-refractivity contribution in [1.82, 2.24) is 4.98 Å². The fraction of sp³-hybridized carbons (Fsp3) is 0.211. The van der Waals surface area contributed by atoms with Crippen LogP contribution in [0.5, 0.6) is 17.2 Å². The lowest BCUT2D eigenvalue weighted by Crippen LogP contribution is -1.90. The number of aryl methyl sites for hydroxylation is 1. The van der Waals surface area contributed by atoms with Gasteiger partial charge in [0.05, 0.1) is 27.0 Å². The van der Waals surface area contributed by atoms with Crippen molar-refractivity contribution in [3.8, 4) is 39.1 Å². The summed E-state index contributed by atoms with van der Waals surface area (Å²) in [6.45, 7) is 2.08. The summed E-state index contributed by atoms with van der Waals surface area (Å²) in [4.78, 5) is 5.99. The molecule has 0 spiro atoms. The molecule has 0 N–H and O–H groups in total. The molecular formula is C19H19NO3S. The van der Waals surface area contributed by atoms with E-state index in [9.17, 15) is 0 Å². The molecular weight excluding hydrogens is 322 g/mol. The first kappa shape index (κ1) is 16.3. The van der Waals surface area contributed by atoms with Crippen molar-refractivity contribution in [3.63, 3.8) is 0 Å². The highest BCUT2D eigenvalue weighted by Gasteiger charge is 2.13. The monoisotopic (exact) mass is 341 g/mol. The second kappa shape index (κ2) is 6.93. The van der Waals surface area contributed by atoms with Crippen LogP contribution in [-0.2, 0) is 0 Å². The molecule has 1 aromatic heterocycles. The number of benzene rings is 2. The Morgan fingerprint density at radius 3 is 2.08 bits per heavy atom. The smallest absolute Gasteiger partial charge is 0.161 e. The minimum Gasteiger partial charge on any atom is -0.497 e. The van der Waals surface area contributed by atoms with Gasteiger partial charge in [-0.15, -0.1) is 11.3 Å². The number of hydrogen-bond donors (Lipinski definition) is 0. The maximum absolute atomic E-state index is 5.38. The Morgan fingerprint density at radius 1 is 0.792 bits per heavy atom. The van der Waals surface area contributed by atoms with E-state index in [1.165, 1.54) is 4.88 Å². The Hall–Kier alpha value is -2.53. The van der Waals surface area contributed by atoms with Crippen LogP contribution in [0.15, 0.2) is 42.5 Å². The Bertz CT molecular complexity index is 840. The summed E-state index contributed by atoms with van der Waals surface area (Å²) < 4.78 is 15.9. The van der Waals surface area contributed by atoms with Crippen LogP contribution in [0.2, 0.25) is 0 Å². The van der Waals surface area contributed by atoms with E-state index in [4.69, 9.17) is 19.2 Å². The molecule has 0 saturated carbocycles. The lowest BCUT2D eigenvalue weighted by molar-refractivity contribution is 0.355. The van der Waals surface area contributed by atoms with Gasteiger partial charge < -0.3 is 14.2 Å². The van der Waals surface area contributed by atoms with E-state index in [0.29, 0.717) is 11.5 Å². The summed E-state index contributed by atoms with van der Waals surface area (Å²) in [5.74, 6) is 2.26. The van der Waals surface area contributed by atoms with Crippen LogP contribution in [0.25, 0.3) is 21.8 Å². The molecule has 0 aliphatic heterocycles. The van der Waals surface area contributed by atoms with Gasteiger partial charge in [-0.3, -0.25) is 0 Å². The van der Waals surface area contributed by atoms with Gasteiger partial charge in [0, 0.05) is 16.0 Å². The predicted octanol–water partition coefficient (Wildman–Crippen LogP) is 4.81. The van der Waals surface area contributed by atoms with E-state index in [1.807, 2.05) is 42.5 Å². The van der Waals surface area contributed by atoms with E-state index in [1.54, 1.807) is 32.7 Å². The molecule has 0 atom stereocenters. The van der Waals surface area contributed by atoms with Gasteiger partial charge in [-0.05, 0) is 49.4 Å². The van der Waals surface area contributed by atoms with Crippen LogP contribution >= 0.6 is 11.3 Å². The third kappa shape index (κ3) is 3.08. The molecule has 3 rings (SSSR count). The SMILES string of the molecule is COc1ccc(-c2nc(-c3ccc(OC)c(OC)c3)sc2C)cc1. The van der Waals surface area contributed by atoms with Crippen LogP contribution in [-0.4, -0.2) is 26.3 Å². The Kier molecular flexibility index (Phi) is 4.71. The van der Waals surface area contributed by atoms with Crippen LogP contribution < -0.4 is 14.2 Å². The topological polar surface area (TPSA) is 40.6 Å². The van der Waals surface area contributed by atoms with Gasteiger partial charge in [0.15, 0.2) is 11.5 Å². The van der Waals surface area contributed by atoms with Crippen LogP contribution in [0.3, 0.4) is 0 Å². The van der Waals surface area contributed by atoms with Gasteiger partial charge in [0.2, 0.25) is 0 Å². The molecule has 0 radical (unpaired) electrons. The number of thiazole rings is 1. The van der Waals surface area contributed by atoms with Crippen LogP contribution in [0.4, 0.5) is 0 Å². The molecule has 5 heteroatoms. The summed E-state index contributed by atoms with van der Waals surface area (Å²) in [5.41, 5.74) is 3.09. The number of methoxy groups -OCH3 is 3. The lowest BCUT2D eigenvalue weighted by atomic mass is 10.1. The molecule has 0 saturated heterocycles. The van der Waals surface area contributed by atoms with Crippen molar-refractivity contribution >= 4 is 11.3 Å². The summed E-state index contributed by atoms with van der Waals surface area (Å²) in [5, 5.41) is 0.958. The Balaban J connectivity index is 1.99. The minimum atomic E-state index is 0.703.